The lowest BCUT2D eigenvalue weighted by molar-refractivity contribution is 0.0303. The van der Waals surface area contributed by atoms with E-state index < -0.39 is 0 Å². The lowest BCUT2D eigenvalue weighted by Crippen LogP contribution is -2.40. The first-order valence-electron chi connectivity index (χ1n) is 8.94. The molecular formula is C20H19ClN4O3. The molecule has 0 atom stereocenters. The number of fused-ring (bicyclic) bond motifs is 1. The van der Waals surface area contributed by atoms with Crippen LogP contribution in [-0.2, 0) is 11.8 Å². The SMILES string of the molecule is Cn1c(NC(=O)c2ccc(C(=O)N3CCOCC3)cc2)nc2c(Cl)cccc21. The molecule has 28 heavy (non-hydrogen) atoms. The summed E-state index contributed by atoms with van der Waals surface area (Å²) in [5.74, 6) is 0.0433. The van der Waals surface area contributed by atoms with Crippen LogP contribution in [0, 0.1) is 0 Å². The smallest absolute Gasteiger partial charge is 0.257 e. The zero-order valence-electron chi connectivity index (χ0n) is 15.3. The number of hydrogen-bond donors (Lipinski definition) is 1. The number of carbonyl (C=O) groups excluding carboxylic acids is 2. The maximum atomic E-state index is 12.6. The van der Waals surface area contributed by atoms with Crippen molar-refractivity contribution in [2.45, 2.75) is 0 Å². The molecule has 144 valence electrons. The molecule has 2 heterocycles. The molecule has 0 spiro atoms. The van der Waals surface area contributed by atoms with Gasteiger partial charge >= 0.3 is 0 Å². The molecule has 1 fully saturated rings. The summed E-state index contributed by atoms with van der Waals surface area (Å²) in [6.45, 7) is 2.26. The maximum absolute atomic E-state index is 12.6. The van der Waals surface area contributed by atoms with Gasteiger partial charge in [0, 0.05) is 31.3 Å². The Hall–Kier alpha value is -2.90. The van der Waals surface area contributed by atoms with Crippen molar-refractivity contribution in [2.24, 2.45) is 7.05 Å². The summed E-state index contributed by atoms with van der Waals surface area (Å²) < 4.78 is 7.04. The number of aromatic nitrogens is 2. The standard InChI is InChI=1S/C20H19ClN4O3/c1-24-16-4-2-3-15(21)17(16)22-20(24)23-18(26)13-5-7-14(8-6-13)19(27)25-9-11-28-12-10-25/h2-8H,9-12H2,1H3,(H,22,23,26). The summed E-state index contributed by atoms with van der Waals surface area (Å²) in [7, 11) is 1.81. The number of amides is 2. The second-order valence-electron chi connectivity index (χ2n) is 6.54. The van der Waals surface area contributed by atoms with E-state index in [0.717, 1.165) is 5.52 Å². The van der Waals surface area contributed by atoms with Crippen LogP contribution in [0.25, 0.3) is 11.0 Å². The van der Waals surface area contributed by atoms with Crippen LogP contribution in [0.5, 0.6) is 0 Å². The maximum Gasteiger partial charge on any atom is 0.257 e. The topological polar surface area (TPSA) is 76.5 Å². The fourth-order valence-corrected chi connectivity index (χ4v) is 3.39. The molecule has 4 rings (SSSR count). The lowest BCUT2D eigenvalue weighted by atomic mass is 10.1. The summed E-state index contributed by atoms with van der Waals surface area (Å²) in [6, 6.07) is 12.1. The van der Waals surface area contributed by atoms with Crippen LogP contribution in [0.2, 0.25) is 5.02 Å². The molecule has 2 amide bonds. The van der Waals surface area contributed by atoms with Gasteiger partial charge in [0.15, 0.2) is 0 Å². The minimum Gasteiger partial charge on any atom is -0.378 e. The van der Waals surface area contributed by atoms with Gasteiger partial charge in [-0.25, -0.2) is 4.98 Å². The fourth-order valence-electron chi connectivity index (χ4n) is 3.18. The van der Waals surface area contributed by atoms with Gasteiger partial charge in [0.2, 0.25) is 5.95 Å². The molecule has 8 heteroatoms. The van der Waals surface area contributed by atoms with Crippen molar-refractivity contribution in [3.63, 3.8) is 0 Å². The highest BCUT2D eigenvalue weighted by atomic mass is 35.5. The van der Waals surface area contributed by atoms with E-state index in [9.17, 15) is 9.59 Å². The number of hydrogen-bond acceptors (Lipinski definition) is 4. The molecule has 0 saturated carbocycles. The van der Waals surface area contributed by atoms with Gasteiger partial charge in [-0.2, -0.15) is 0 Å². The van der Waals surface area contributed by atoms with Gasteiger partial charge in [0.25, 0.3) is 11.8 Å². The summed E-state index contributed by atoms with van der Waals surface area (Å²) in [5, 5.41) is 3.33. The Morgan fingerprint density at radius 2 is 1.75 bits per heavy atom. The third-order valence-corrected chi connectivity index (χ3v) is 5.08. The minimum absolute atomic E-state index is 0.0553. The second-order valence-corrected chi connectivity index (χ2v) is 6.95. The average Bonchev–Trinajstić information content (AvgIpc) is 3.05. The average molecular weight is 399 g/mol. The Kier molecular flexibility index (Phi) is 5.02. The van der Waals surface area contributed by atoms with Crippen LogP contribution < -0.4 is 5.32 Å². The van der Waals surface area contributed by atoms with Gasteiger partial charge in [0.05, 0.1) is 23.8 Å². The molecular weight excluding hydrogens is 380 g/mol. The monoisotopic (exact) mass is 398 g/mol. The molecule has 1 N–H and O–H groups in total. The molecule has 7 nitrogen and oxygen atoms in total. The van der Waals surface area contributed by atoms with Crippen LogP contribution in [0.15, 0.2) is 42.5 Å². The predicted octanol–water partition coefficient (Wildman–Crippen LogP) is 2.95. The van der Waals surface area contributed by atoms with Gasteiger partial charge in [-0.1, -0.05) is 17.7 Å². The Balaban J connectivity index is 1.50. The van der Waals surface area contributed by atoms with Crippen LogP contribution in [0.1, 0.15) is 20.7 Å². The molecule has 0 radical (unpaired) electrons. The third kappa shape index (κ3) is 3.46. The highest BCUT2D eigenvalue weighted by Gasteiger charge is 2.19. The first-order valence-corrected chi connectivity index (χ1v) is 9.32. The molecule has 2 aromatic carbocycles. The molecule has 1 aliphatic rings. The number of rotatable bonds is 3. The van der Waals surface area contributed by atoms with Crippen LogP contribution in [0.4, 0.5) is 5.95 Å². The second kappa shape index (κ2) is 7.61. The van der Waals surface area contributed by atoms with Crippen molar-refractivity contribution in [2.75, 3.05) is 31.6 Å². The first-order chi connectivity index (χ1) is 13.5. The Morgan fingerprint density at radius 1 is 1.07 bits per heavy atom. The van der Waals surface area contributed by atoms with Crippen molar-refractivity contribution < 1.29 is 14.3 Å². The Morgan fingerprint density at radius 3 is 2.43 bits per heavy atom. The zero-order chi connectivity index (χ0) is 19.7. The van der Waals surface area contributed by atoms with E-state index in [4.69, 9.17) is 16.3 Å². The van der Waals surface area contributed by atoms with Gasteiger partial charge in [-0.05, 0) is 36.4 Å². The van der Waals surface area contributed by atoms with Gasteiger partial charge in [-0.3, -0.25) is 14.9 Å². The highest BCUT2D eigenvalue weighted by molar-refractivity contribution is 6.35. The van der Waals surface area contributed by atoms with E-state index in [1.165, 1.54) is 0 Å². The normalized spacial score (nSPS) is 14.3. The van der Waals surface area contributed by atoms with Gasteiger partial charge < -0.3 is 14.2 Å². The number of halogens is 1. The number of nitrogens with zero attached hydrogens (tertiary/aromatic N) is 3. The number of ether oxygens (including phenoxy) is 1. The molecule has 1 aromatic heterocycles. The zero-order valence-corrected chi connectivity index (χ0v) is 16.1. The largest absolute Gasteiger partial charge is 0.378 e. The van der Waals surface area contributed by atoms with Crippen LogP contribution in [-0.4, -0.2) is 52.6 Å². The number of morpholine rings is 1. The number of carbonyl (C=O) groups is 2. The van der Waals surface area contributed by atoms with E-state index in [1.54, 1.807) is 39.8 Å². The molecule has 0 bridgehead atoms. The highest BCUT2D eigenvalue weighted by Crippen LogP contribution is 2.25. The van der Waals surface area contributed by atoms with E-state index in [0.29, 0.717) is 53.9 Å². The number of nitrogens with one attached hydrogen (secondary N) is 1. The van der Waals surface area contributed by atoms with Crippen molar-refractivity contribution in [1.82, 2.24) is 14.5 Å². The Labute approximate surface area is 166 Å². The van der Waals surface area contributed by atoms with Gasteiger partial charge in [0.1, 0.15) is 5.52 Å². The third-order valence-electron chi connectivity index (χ3n) is 4.78. The molecule has 0 unspecified atom stereocenters. The quantitative estimate of drug-likeness (QED) is 0.735. The number of imidazole rings is 1. The molecule has 1 aliphatic heterocycles. The lowest BCUT2D eigenvalue weighted by Gasteiger charge is -2.26. The van der Waals surface area contributed by atoms with E-state index >= 15 is 0 Å². The number of aryl methyl sites for hydroxylation is 1. The summed E-state index contributed by atoms with van der Waals surface area (Å²) in [4.78, 5) is 31.3. The molecule has 3 aromatic rings. The molecule has 1 saturated heterocycles. The van der Waals surface area contributed by atoms with E-state index in [1.807, 2.05) is 19.2 Å². The van der Waals surface area contributed by atoms with Crippen molar-refractivity contribution in [3.05, 3.63) is 58.6 Å². The summed E-state index contributed by atoms with van der Waals surface area (Å²) in [6.07, 6.45) is 0. The fraction of sp³-hybridized carbons (Fsp3) is 0.250. The summed E-state index contributed by atoms with van der Waals surface area (Å²) in [5.41, 5.74) is 2.45. The number of para-hydroxylation sites is 1. The predicted molar refractivity (Wildman–Crippen MR) is 107 cm³/mol. The van der Waals surface area contributed by atoms with Gasteiger partial charge in [-0.15, -0.1) is 0 Å². The number of benzene rings is 2. The van der Waals surface area contributed by atoms with Crippen molar-refractivity contribution in [1.29, 1.82) is 0 Å². The van der Waals surface area contributed by atoms with E-state index in [2.05, 4.69) is 10.3 Å². The Bertz CT molecular complexity index is 1040. The van der Waals surface area contributed by atoms with Crippen molar-refractivity contribution >= 4 is 40.4 Å². The van der Waals surface area contributed by atoms with Crippen LogP contribution >= 0.6 is 11.6 Å². The summed E-state index contributed by atoms with van der Waals surface area (Å²) >= 11 is 6.17. The van der Waals surface area contributed by atoms with Crippen molar-refractivity contribution in [3.8, 4) is 0 Å². The van der Waals surface area contributed by atoms with Crippen LogP contribution in [0.3, 0.4) is 0 Å². The number of anilines is 1. The molecule has 0 aliphatic carbocycles. The first kappa shape index (κ1) is 18.5. The minimum atomic E-state index is -0.306. The van der Waals surface area contributed by atoms with E-state index in [-0.39, 0.29) is 11.8 Å².